The molecular formula is C14H20BrN3. The maximum atomic E-state index is 4.71. The number of anilines is 1. The van der Waals surface area contributed by atoms with Crippen molar-refractivity contribution in [3.8, 4) is 0 Å². The van der Waals surface area contributed by atoms with Gasteiger partial charge in [0.15, 0.2) is 0 Å². The molecule has 0 unspecified atom stereocenters. The Kier molecular flexibility index (Phi) is 3.66. The van der Waals surface area contributed by atoms with Gasteiger partial charge in [0, 0.05) is 16.2 Å². The highest BCUT2D eigenvalue weighted by atomic mass is 79.9. The molecule has 0 aliphatic carbocycles. The number of halogens is 1. The van der Waals surface area contributed by atoms with Gasteiger partial charge in [-0.1, -0.05) is 13.3 Å². The quantitative estimate of drug-likeness (QED) is 0.918. The van der Waals surface area contributed by atoms with E-state index in [-0.39, 0.29) is 5.54 Å². The number of nitrogens with one attached hydrogen (secondary N) is 1. The molecule has 0 saturated heterocycles. The van der Waals surface area contributed by atoms with Crippen molar-refractivity contribution < 1.29 is 0 Å². The molecule has 0 aliphatic rings. The predicted octanol–water partition coefficient (Wildman–Crippen LogP) is 4.26. The Morgan fingerprint density at radius 3 is 2.67 bits per heavy atom. The van der Waals surface area contributed by atoms with Gasteiger partial charge in [0.1, 0.15) is 11.5 Å². The topological polar surface area (TPSA) is 29.3 Å². The average molecular weight is 310 g/mol. The molecule has 2 rings (SSSR count). The normalized spacial score (nSPS) is 12.1. The fourth-order valence-electron chi connectivity index (χ4n) is 1.97. The third-order valence-electron chi connectivity index (χ3n) is 2.63. The van der Waals surface area contributed by atoms with Gasteiger partial charge in [-0.15, -0.1) is 0 Å². The van der Waals surface area contributed by atoms with Crippen molar-refractivity contribution in [1.29, 1.82) is 0 Å². The van der Waals surface area contributed by atoms with Crippen molar-refractivity contribution in [2.24, 2.45) is 0 Å². The molecule has 0 atom stereocenters. The lowest BCUT2D eigenvalue weighted by Crippen LogP contribution is -2.27. The number of aromatic nitrogens is 2. The Hall–Kier alpha value is -1.03. The number of fused-ring (bicyclic) bond motifs is 1. The summed E-state index contributed by atoms with van der Waals surface area (Å²) in [6, 6.07) is 4.07. The molecular weight excluding hydrogens is 290 g/mol. The Labute approximate surface area is 117 Å². The zero-order valence-electron chi connectivity index (χ0n) is 11.4. The van der Waals surface area contributed by atoms with Crippen LogP contribution in [0, 0.1) is 0 Å². The predicted molar refractivity (Wildman–Crippen MR) is 80.3 cm³/mol. The van der Waals surface area contributed by atoms with E-state index in [1.54, 1.807) is 0 Å². The van der Waals surface area contributed by atoms with Gasteiger partial charge in [0.2, 0.25) is 0 Å². The van der Waals surface area contributed by atoms with E-state index in [1.165, 1.54) is 0 Å². The van der Waals surface area contributed by atoms with Crippen molar-refractivity contribution in [2.45, 2.75) is 46.1 Å². The number of hydrogen-bond donors (Lipinski definition) is 1. The summed E-state index contributed by atoms with van der Waals surface area (Å²) >= 11 is 3.52. The minimum atomic E-state index is 0.0285. The number of aryl methyl sites for hydroxylation is 1. The van der Waals surface area contributed by atoms with Crippen molar-refractivity contribution in [2.75, 3.05) is 5.32 Å². The van der Waals surface area contributed by atoms with Gasteiger partial charge in [-0.2, -0.15) is 0 Å². The van der Waals surface area contributed by atoms with Crippen molar-refractivity contribution in [3.05, 3.63) is 28.5 Å². The Morgan fingerprint density at radius 1 is 1.33 bits per heavy atom. The van der Waals surface area contributed by atoms with Crippen molar-refractivity contribution in [1.82, 2.24) is 9.38 Å². The van der Waals surface area contributed by atoms with Crippen LogP contribution in [0.4, 0.5) is 5.82 Å². The molecule has 0 saturated carbocycles. The van der Waals surface area contributed by atoms with Crippen LogP contribution >= 0.6 is 15.9 Å². The average Bonchev–Trinajstić information content (AvgIpc) is 2.56. The molecule has 0 fully saturated rings. The third-order valence-corrected chi connectivity index (χ3v) is 3.10. The molecule has 2 aromatic rings. The second kappa shape index (κ2) is 4.92. The molecule has 0 amide bonds. The molecule has 0 radical (unpaired) electrons. The fraction of sp³-hybridized carbons (Fsp3) is 0.500. The van der Waals surface area contributed by atoms with Crippen LogP contribution in [-0.4, -0.2) is 14.9 Å². The van der Waals surface area contributed by atoms with E-state index in [1.807, 2.05) is 12.1 Å². The summed E-state index contributed by atoms with van der Waals surface area (Å²) in [6.07, 6.45) is 4.16. The first kappa shape index (κ1) is 13.4. The third kappa shape index (κ3) is 2.86. The zero-order valence-corrected chi connectivity index (χ0v) is 13.0. The minimum absolute atomic E-state index is 0.0285. The number of nitrogens with zero attached hydrogens (tertiary/aromatic N) is 2. The lowest BCUT2D eigenvalue weighted by Gasteiger charge is -2.22. The summed E-state index contributed by atoms with van der Waals surface area (Å²) in [7, 11) is 0. The largest absolute Gasteiger partial charge is 0.365 e. The van der Waals surface area contributed by atoms with E-state index in [0.717, 1.165) is 34.5 Å². The first-order valence-electron chi connectivity index (χ1n) is 6.35. The SMILES string of the molecule is CCCc1nc2ccc(Br)cn2c1NC(C)(C)C. The molecule has 0 aromatic carbocycles. The maximum Gasteiger partial charge on any atom is 0.138 e. The van der Waals surface area contributed by atoms with Crippen LogP contribution in [0.25, 0.3) is 5.65 Å². The smallest absolute Gasteiger partial charge is 0.138 e. The van der Waals surface area contributed by atoms with Crippen LogP contribution in [0.5, 0.6) is 0 Å². The van der Waals surface area contributed by atoms with Gasteiger partial charge >= 0.3 is 0 Å². The lowest BCUT2D eigenvalue weighted by molar-refractivity contribution is 0.627. The van der Waals surface area contributed by atoms with E-state index in [0.29, 0.717) is 0 Å². The monoisotopic (exact) mass is 309 g/mol. The van der Waals surface area contributed by atoms with Crippen LogP contribution in [0.15, 0.2) is 22.8 Å². The van der Waals surface area contributed by atoms with Gasteiger partial charge in [0.05, 0.1) is 5.69 Å². The molecule has 0 spiro atoms. The molecule has 3 nitrogen and oxygen atoms in total. The van der Waals surface area contributed by atoms with Crippen LogP contribution in [0.2, 0.25) is 0 Å². The van der Waals surface area contributed by atoms with E-state index in [4.69, 9.17) is 4.98 Å². The molecule has 0 bridgehead atoms. The molecule has 2 aromatic heterocycles. The molecule has 18 heavy (non-hydrogen) atoms. The van der Waals surface area contributed by atoms with Crippen LogP contribution < -0.4 is 5.32 Å². The summed E-state index contributed by atoms with van der Waals surface area (Å²) < 4.78 is 3.19. The standard InChI is InChI=1S/C14H20BrN3/c1-5-6-11-13(17-14(2,3)4)18-9-10(15)7-8-12(18)16-11/h7-9,17H,5-6H2,1-4H3. The molecule has 1 N–H and O–H groups in total. The first-order chi connectivity index (χ1) is 8.40. The van der Waals surface area contributed by atoms with Crippen molar-refractivity contribution in [3.63, 3.8) is 0 Å². The van der Waals surface area contributed by atoms with E-state index < -0.39 is 0 Å². The second-order valence-electron chi connectivity index (χ2n) is 5.61. The van der Waals surface area contributed by atoms with Gasteiger partial charge in [-0.25, -0.2) is 4.98 Å². The number of rotatable bonds is 3. The Balaban J connectivity index is 2.57. The summed E-state index contributed by atoms with van der Waals surface area (Å²) in [5.74, 6) is 1.11. The molecule has 0 aliphatic heterocycles. The van der Waals surface area contributed by atoms with Crippen LogP contribution in [0.3, 0.4) is 0 Å². The van der Waals surface area contributed by atoms with E-state index in [9.17, 15) is 0 Å². The first-order valence-corrected chi connectivity index (χ1v) is 7.14. The van der Waals surface area contributed by atoms with E-state index in [2.05, 4.69) is 59.5 Å². The highest BCUT2D eigenvalue weighted by Gasteiger charge is 2.17. The fourth-order valence-corrected chi connectivity index (χ4v) is 2.30. The zero-order chi connectivity index (χ0) is 13.3. The van der Waals surface area contributed by atoms with Crippen LogP contribution in [0.1, 0.15) is 39.8 Å². The molecule has 98 valence electrons. The molecule has 2 heterocycles. The van der Waals surface area contributed by atoms with Crippen molar-refractivity contribution >= 4 is 27.4 Å². The van der Waals surface area contributed by atoms with Gasteiger partial charge < -0.3 is 5.32 Å². The summed E-state index contributed by atoms with van der Waals surface area (Å²) in [4.78, 5) is 4.71. The Morgan fingerprint density at radius 2 is 2.06 bits per heavy atom. The minimum Gasteiger partial charge on any atom is -0.365 e. The second-order valence-corrected chi connectivity index (χ2v) is 6.52. The lowest BCUT2D eigenvalue weighted by atomic mass is 10.1. The summed E-state index contributed by atoms with van der Waals surface area (Å²) in [5, 5.41) is 3.56. The van der Waals surface area contributed by atoms with Gasteiger partial charge in [-0.3, -0.25) is 4.40 Å². The van der Waals surface area contributed by atoms with E-state index >= 15 is 0 Å². The number of pyridine rings is 1. The number of imidazole rings is 1. The summed E-state index contributed by atoms with van der Waals surface area (Å²) in [6.45, 7) is 8.68. The highest BCUT2D eigenvalue weighted by molar-refractivity contribution is 9.10. The van der Waals surface area contributed by atoms with Gasteiger partial charge in [-0.05, 0) is 55.3 Å². The number of hydrogen-bond acceptors (Lipinski definition) is 2. The van der Waals surface area contributed by atoms with Gasteiger partial charge in [0.25, 0.3) is 0 Å². The Bertz CT molecular complexity index is 552. The maximum absolute atomic E-state index is 4.71. The summed E-state index contributed by atoms with van der Waals surface area (Å²) in [5.41, 5.74) is 2.17. The van der Waals surface area contributed by atoms with Crippen LogP contribution in [-0.2, 0) is 6.42 Å². The highest BCUT2D eigenvalue weighted by Crippen LogP contribution is 2.24. The molecule has 4 heteroatoms.